The number of aliphatic carboxylic acids is 1. The van der Waals surface area contributed by atoms with Crippen molar-refractivity contribution in [2.24, 2.45) is 0 Å². The maximum atomic E-state index is 13.1. The summed E-state index contributed by atoms with van der Waals surface area (Å²) in [6.07, 6.45) is 2.16. The Kier molecular flexibility index (Phi) is 4.19. The highest BCUT2D eigenvalue weighted by Crippen LogP contribution is 2.30. The predicted molar refractivity (Wildman–Crippen MR) is 67.2 cm³/mol. The number of benzene rings is 1. The average molecular weight is 272 g/mol. The lowest BCUT2D eigenvalue weighted by molar-refractivity contribution is -0.138. The maximum absolute atomic E-state index is 13.1. The fraction of sp³-hybridized carbons (Fsp3) is 0.462. The zero-order valence-electron chi connectivity index (χ0n) is 9.90. The van der Waals surface area contributed by atoms with E-state index in [0.717, 1.165) is 31.5 Å². The molecule has 0 aromatic heterocycles. The summed E-state index contributed by atoms with van der Waals surface area (Å²) in [6, 6.07) is 4.22. The molecule has 1 aromatic carbocycles. The monoisotopic (exact) mass is 271 g/mol. The van der Waals surface area contributed by atoms with E-state index in [9.17, 15) is 9.18 Å². The molecule has 1 aromatic rings. The van der Waals surface area contributed by atoms with Crippen molar-refractivity contribution < 1.29 is 14.3 Å². The van der Waals surface area contributed by atoms with Gasteiger partial charge in [0.25, 0.3) is 0 Å². The van der Waals surface area contributed by atoms with Crippen LogP contribution in [0.15, 0.2) is 18.2 Å². The van der Waals surface area contributed by atoms with Gasteiger partial charge in [-0.1, -0.05) is 17.7 Å². The van der Waals surface area contributed by atoms with Crippen molar-refractivity contribution in [1.82, 2.24) is 4.90 Å². The van der Waals surface area contributed by atoms with E-state index >= 15 is 0 Å². The van der Waals surface area contributed by atoms with Gasteiger partial charge < -0.3 is 5.11 Å². The third-order valence-corrected chi connectivity index (χ3v) is 3.57. The van der Waals surface area contributed by atoms with Gasteiger partial charge in [0, 0.05) is 6.04 Å². The van der Waals surface area contributed by atoms with Crippen LogP contribution in [0, 0.1) is 5.82 Å². The van der Waals surface area contributed by atoms with E-state index in [1.165, 1.54) is 12.1 Å². The molecule has 0 spiro atoms. The SMILES string of the molecule is O=C(O)CC(c1ccc(F)c(Cl)c1)N1CCCC1. The summed E-state index contributed by atoms with van der Waals surface area (Å²) >= 11 is 5.76. The zero-order chi connectivity index (χ0) is 13.1. The van der Waals surface area contributed by atoms with Gasteiger partial charge in [-0.05, 0) is 43.6 Å². The second kappa shape index (κ2) is 5.67. The zero-order valence-corrected chi connectivity index (χ0v) is 10.7. The van der Waals surface area contributed by atoms with Crippen molar-refractivity contribution >= 4 is 17.6 Å². The minimum Gasteiger partial charge on any atom is -0.481 e. The number of nitrogens with zero attached hydrogens (tertiary/aromatic N) is 1. The highest BCUT2D eigenvalue weighted by atomic mass is 35.5. The molecule has 3 nitrogen and oxygen atoms in total. The first-order valence-corrected chi connectivity index (χ1v) is 6.36. The van der Waals surface area contributed by atoms with Gasteiger partial charge in [0.15, 0.2) is 0 Å². The minimum absolute atomic E-state index is 0.0158. The Morgan fingerprint density at radius 2 is 2.11 bits per heavy atom. The molecule has 0 bridgehead atoms. The number of halogens is 2. The van der Waals surface area contributed by atoms with Crippen molar-refractivity contribution in [1.29, 1.82) is 0 Å². The molecule has 0 aliphatic carbocycles. The van der Waals surface area contributed by atoms with Gasteiger partial charge >= 0.3 is 5.97 Å². The van der Waals surface area contributed by atoms with Crippen LogP contribution in [0.2, 0.25) is 5.02 Å². The molecule has 1 fully saturated rings. The molecule has 1 unspecified atom stereocenters. The standard InChI is InChI=1S/C13H15ClFNO2/c14-10-7-9(3-4-11(10)15)12(8-13(17)18)16-5-1-2-6-16/h3-4,7,12H,1-2,5-6,8H2,(H,17,18). The first-order valence-electron chi connectivity index (χ1n) is 5.98. The molecule has 1 aliphatic rings. The second-order valence-corrected chi connectivity index (χ2v) is 4.94. The summed E-state index contributed by atoms with van der Waals surface area (Å²) in [5.41, 5.74) is 0.769. The number of carbonyl (C=O) groups is 1. The summed E-state index contributed by atoms with van der Waals surface area (Å²) in [7, 11) is 0. The van der Waals surface area contributed by atoms with Crippen LogP contribution in [0.25, 0.3) is 0 Å². The molecule has 98 valence electrons. The number of carboxylic acid groups (broad SMARTS) is 1. The second-order valence-electron chi connectivity index (χ2n) is 4.53. The Bertz CT molecular complexity index is 447. The molecule has 1 atom stereocenters. The van der Waals surface area contributed by atoms with E-state index in [-0.39, 0.29) is 17.5 Å². The van der Waals surface area contributed by atoms with Crippen molar-refractivity contribution in [3.63, 3.8) is 0 Å². The Morgan fingerprint density at radius 1 is 1.44 bits per heavy atom. The van der Waals surface area contributed by atoms with Gasteiger partial charge in [-0.3, -0.25) is 9.69 Å². The quantitative estimate of drug-likeness (QED) is 0.915. The molecule has 0 amide bonds. The Labute approximate surface area is 110 Å². The van der Waals surface area contributed by atoms with Crippen molar-refractivity contribution in [3.05, 3.63) is 34.6 Å². The molecular formula is C13H15ClFNO2. The normalized spacial score (nSPS) is 17.9. The fourth-order valence-corrected chi connectivity index (χ4v) is 2.59. The van der Waals surface area contributed by atoms with Crippen LogP contribution in [-0.4, -0.2) is 29.1 Å². The van der Waals surface area contributed by atoms with E-state index in [2.05, 4.69) is 4.90 Å². The maximum Gasteiger partial charge on any atom is 0.305 e. The third-order valence-electron chi connectivity index (χ3n) is 3.28. The van der Waals surface area contributed by atoms with E-state index in [0.29, 0.717) is 0 Å². The van der Waals surface area contributed by atoms with Crippen LogP contribution in [0.3, 0.4) is 0 Å². The van der Waals surface area contributed by atoms with E-state index in [1.807, 2.05) is 0 Å². The largest absolute Gasteiger partial charge is 0.481 e. The lowest BCUT2D eigenvalue weighted by Gasteiger charge is -2.26. The number of hydrogen-bond donors (Lipinski definition) is 1. The van der Waals surface area contributed by atoms with Gasteiger partial charge in [-0.2, -0.15) is 0 Å². The number of carboxylic acids is 1. The molecule has 0 radical (unpaired) electrons. The van der Waals surface area contributed by atoms with Crippen LogP contribution in [0.1, 0.15) is 30.9 Å². The summed E-state index contributed by atoms with van der Waals surface area (Å²) in [6.45, 7) is 1.76. The van der Waals surface area contributed by atoms with Crippen LogP contribution < -0.4 is 0 Å². The number of likely N-dealkylation sites (tertiary alicyclic amines) is 1. The Hall–Kier alpha value is -1.13. The van der Waals surface area contributed by atoms with Gasteiger partial charge in [0.05, 0.1) is 11.4 Å². The van der Waals surface area contributed by atoms with Gasteiger partial charge in [0.2, 0.25) is 0 Å². The summed E-state index contributed by atoms with van der Waals surface area (Å²) in [5.74, 6) is -1.33. The van der Waals surface area contributed by atoms with Gasteiger partial charge in [-0.15, -0.1) is 0 Å². The van der Waals surface area contributed by atoms with Gasteiger partial charge in [0.1, 0.15) is 5.82 Å². The smallest absolute Gasteiger partial charge is 0.305 e. The van der Waals surface area contributed by atoms with Gasteiger partial charge in [-0.25, -0.2) is 4.39 Å². The molecular weight excluding hydrogens is 257 g/mol. The highest BCUT2D eigenvalue weighted by Gasteiger charge is 2.26. The Balaban J connectivity index is 2.26. The van der Waals surface area contributed by atoms with Crippen molar-refractivity contribution in [3.8, 4) is 0 Å². The van der Waals surface area contributed by atoms with Crippen molar-refractivity contribution in [2.45, 2.75) is 25.3 Å². The molecule has 0 saturated carbocycles. The minimum atomic E-state index is -0.854. The molecule has 1 heterocycles. The van der Waals surface area contributed by atoms with E-state index < -0.39 is 11.8 Å². The number of hydrogen-bond acceptors (Lipinski definition) is 2. The Morgan fingerprint density at radius 3 is 2.67 bits per heavy atom. The van der Waals surface area contributed by atoms with E-state index in [1.54, 1.807) is 6.07 Å². The fourth-order valence-electron chi connectivity index (χ4n) is 2.40. The molecule has 1 N–H and O–H groups in total. The third kappa shape index (κ3) is 3.00. The lowest BCUT2D eigenvalue weighted by atomic mass is 10.0. The number of rotatable bonds is 4. The topological polar surface area (TPSA) is 40.5 Å². The summed E-state index contributed by atoms with van der Waals surface area (Å²) in [4.78, 5) is 13.1. The predicted octanol–water partition coefficient (Wildman–Crippen LogP) is 3.09. The van der Waals surface area contributed by atoms with Crippen LogP contribution in [0.5, 0.6) is 0 Å². The van der Waals surface area contributed by atoms with Crippen LogP contribution in [0.4, 0.5) is 4.39 Å². The first-order chi connectivity index (χ1) is 8.58. The van der Waals surface area contributed by atoms with Crippen LogP contribution in [-0.2, 0) is 4.79 Å². The summed E-state index contributed by atoms with van der Waals surface area (Å²) < 4.78 is 13.1. The highest BCUT2D eigenvalue weighted by molar-refractivity contribution is 6.30. The molecule has 5 heteroatoms. The molecule has 2 rings (SSSR count). The molecule has 1 aliphatic heterocycles. The van der Waals surface area contributed by atoms with Crippen molar-refractivity contribution in [2.75, 3.05) is 13.1 Å². The van der Waals surface area contributed by atoms with Crippen LogP contribution >= 0.6 is 11.6 Å². The molecule has 18 heavy (non-hydrogen) atoms. The average Bonchev–Trinajstić information content (AvgIpc) is 2.83. The lowest BCUT2D eigenvalue weighted by Crippen LogP contribution is -2.27. The summed E-state index contributed by atoms with van der Waals surface area (Å²) in [5, 5.41) is 9.04. The van der Waals surface area contributed by atoms with E-state index in [4.69, 9.17) is 16.7 Å². The first kappa shape index (κ1) is 13.3. The molecule has 1 saturated heterocycles.